The van der Waals surface area contributed by atoms with Crippen LogP contribution in [0.15, 0.2) is 35.3 Å². The lowest BCUT2D eigenvalue weighted by molar-refractivity contribution is -0.137. The summed E-state index contributed by atoms with van der Waals surface area (Å²) in [6, 6.07) is 8.23. The standard InChI is InChI=1S/C25H38N4O8/c1-24(2,3)36-22(33)27-20(28-23(34)37-25(4,5)6)29(7)14-13-18(15-19(30)31)26-21(32)35-16-17-11-9-8-10-12-17/h8-12,18H,13-16H2,1-7H3,(H,26,32)(H,30,31)(H,27,28,33,34)/t18-/m0/s1. The lowest BCUT2D eigenvalue weighted by Crippen LogP contribution is -2.47. The molecule has 0 aliphatic rings. The second-order valence-electron chi connectivity index (χ2n) is 10.3. The van der Waals surface area contributed by atoms with Crippen molar-refractivity contribution in [1.29, 1.82) is 0 Å². The van der Waals surface area contributed by atoms with Gasteiger partial charge in [-0.15, -0.1) is 4.99 Å². The fourth-order valence-corrected chi connectivity index (χ4v) is 2.80. The maximum Gasteiger partial charge on any atom is 0.437 e. The average molecular weight is 523 g/mol. The topological polar surface area (TPSA) is 156 Å². The zero-order valence-corrected chi connectivity index (χ0v) is 22.5. The first-order valence-corrected chi connectivity index (χ1v) is 11.8. The number of aliphatic carboxylic acids is 1. The predicted octanol–water partition coefficient (Wildman–Crippen LogP) is 3.89. The molecule has 0 fully saturated rings. The summed E-state index contributed by atoms with van der Waals surface area (Å²) in [5, 5.41) is 14.2. The predicted molar refractivity (Wildman–Crippen MR) is 136 cm³/mol. The van der Waals surface area contributed by atoms with Gasteiger partial charge in [0.15, 0.2) is 0 Å². The maximum atomic E-state index is 12.3. The summed E-state index contributed by atoms with van der Waals surface area (Å²) in [4.78, 5) is 53.4. The molecule has 1 aromatic carbocycles. The van der Waals surface area contributed by atoms with Crippen LogP contribution in [0.3, 0.4) is 0 Å². The van der Waals surface area contributed by atoms with Gasteiger partial charge in [0.05, 0.1) is 6.42 Å². The normalized spacial score (nSPS) is 12.7. The van der Waals surface area contributed by atoms with Crippen LogP contribution in [0, 0.1) is 0 Å². The second kappa shape index (κ2) is 14.0. The van der Waals surface area contributed by atoms with Crippen molar-refractivity contribution >= 4 is 30.2 Å². The monoisotopic (exact) mass is 522 g/mol. The van der Waals surface area contributed by atoms with Crippen LogP contribution in [0.4, 0.5) is 14.4 Å². The number of carbonyl (C=O) groups is 4. The number of carbonyl (C=O) groups excluding carboxylic acids is 3. The lowest BCUT2D eigenvalue weighted by Gasteiger charge is -2.26. The van der Waals surface area contributed by atoms with E-state index >= 15 is 0 Å². The van der Waals surface area contributed by atoms with E-state index in [4.69, 9.17) is 14.2 Å². The van der Waals surface area contributed by atoms with Gasteiger partial charge in [-0.25, -0.2) is 14.4 Å². The number of hydrogen-bond acceptors (Lipinski definition) is 7. The largest absolute Gasteiger partial charge is 0.481 e. The molecule has 0 unspecified atom stereocenters. The van der Waals surface area contributed by atoms with Gasteiger partial charge in [0, 0.05) is 19.6 Å². The third-order valence-electron chi connectivity index (χ3n) is 4.33. The van der Waals surface area contributed by atoms with Gasteiger partial charge < -0.3 is 29.5 Å². The quantitative estimate of drug-likeness (QED) is 0.262. The van der Waals surface area contributed by atoms with Crippen LogP contribution in [-0.2, 0) is 25.6 Å². The van der Waals surface area contributed by atoms with E-state index in [0.717, 1.165) is 5.56 Å². The number of benzene rings is 1. The van der Waals surface area contributed by atoms with Crippen LogP contribution in [0.5, 0.6) is 0 Å². The summed E-state index contributed by atoms with van der Waals surface area (Å²) in [7, 11) is 1.53. The molecule has 206 valence electrons. The molecule has 0 aliphatic heterocycles. The van der Waals surface area contributed by atoms with Gasteiger partial charge in [0.25, 0.3) is 0 Å². The maximum absolute atomic E-state index is 12.3. The number of hydrogen-bond donors (Lipinski definition) is 3. The number of carboxylic acid groups (broad SMARTS) is 1. The molecular weight excluding hydrogens is 484 g/mol. The zero-order valence-electron chi connectivity index (χ0n) is 22.5. The van der Waals surface area contributed by atoms with E-state index < -0.39 is 41.5 Å². The number of nitrogens with zero attached hydrogens (tertiary/aromatic N) is 2. The van der Waals surface area contributed by atoms with Crippen molar-refractivity contribution in [3.8, 4) is 0 Å². The van der Waals surface area contributed by atoms with E-state index in [0.29, 0.717) is 0 Å². The first-order chi connectivity index (χ1) is 17.0. The highest BCUT2D eigenvalue weighted by Gasteiger charge is 2.23. The lowest BCUT2D eigenvalue weighted by atomic mass is 10.1. The molecule has 37 heavy (non-hydrogen) atoms. The van der Waals surface area contributed by atoms with Crippen molar-refractivity contribution in [3.05, 3.63) is 35.9 Å². The van der Waals surface area contributed by atoms with E-state index in [-0.39, 0.29) is 32.0 Å². The third kappa shape index (κ3) is 15.0. The smallest absolute Gasteiger partial charge is 0.437 e. The van der Waals surface area contributed by atoms with Crippen LogP contribution < -0.4 is 10.6 Å². The molecule has 1 aromatic rings. The molecule has 0 spiro atoms. The highest BCUT2D eigenvalue weighted by atomic mass is 16.6. The number of amides is 3. The summed E-state index contributed by atoms with van der Waals surface area (Å²) >= 11 is 0. The molecule has 3 N–H and O–H groups in total. The third-order valence-corrected chi connectivity index (χ3v) is 4.33. The minimum absolute atomic E-state index is 0.0267. The SMILES string of the molecule is CN(CC[C@@H](CC(=O)O)NC(=O)OCc1ccccc1)/C(=N/C(=O)OC(C)(C)C)NC(=O)OC(C)(C)C. The molecular formula is C25H38N4O8. The minimum Gasteiger partial charge on any atom is -0.481 e. The Morgan fingerprint density at radius 2 is 1.57 bits per heavy atom. The van der Waals surface area contributed by atoms with Crippen LogP contribution in [0.25, 0.3) is 0 Å². The fourth-order valence-electron chi connectivity index (χ4n) is 2.80. The van der Waals surface area contributed by atoms with Crippen LogP contribution in [-0.4, -0.2) is 71.1 Å². The van der Waals surface area contributed by atoms with E-state index in [9.17, 15) is 24.3 Å². The van der Waals surface area contributed by atoms with Crippen LogP contribution >= 0.6 is 0 Å². The first kappa shape index (κ1) is 31.2. The molecule has 1 rings (SSSR count). The molecule has 0 saturated heterocycles. The van der Waals surface area contributed by atoms with E-state index in [1.165, 1.54) is 11.9 Å². The molecule has 0 aromatic heterocycles. The molecule has 0 saturated carbocycles. The number of alkyl carbamates (subject to hydrolysis) is 2. The first-order valence-electron chi connectivity index (χ1n) is 11.8. The zero-order chi connectivity index (χ0) is 28.2. The number of aliphatic imine (C=N–C) groups is 1. The molecule has 12 nitrogen and oxygen atoms in total. The van der Waals surface area contributed by atoms with Gasteiger partial charge in [-0.3, -0.25) is 10.1 Å². The van der Waals surface area contributed by atoms with Gasteiger partial charge in [0.2, 0.25) is 5.96 Å². The fraction of sp³-hybridized carbons (Fsp3) is 0.560. The summed E-state index contributed by atoms with van der Waals surface area (Å²) < 4.78 is 15.6. The number of rotatable bonds is 8. The summed E-state index contributed by atoms with van der Waals surface area (Å²) in [6.45, 7) is 10.2. The Balaban J connectivity index is 2.88. The number of ether oxygens (including phenoxy) is 3. The van der Waals surface area contributed by atoms with Crippen molar-refractivity contribution in [2.24, 2.45) is 4.99 Å². The van der Waals surface area contributed by atoms with Crippen molar-refractivity contribution in [2.45, 2.75) is 78.2 Å². The number of guanidine groups is 1. The Morgan fingerprint density at radius 1 is 0.973 bits per heavy atom. The van der Waals surface area contributed by atoms with Crippen molar-refractivity contribution < 1.29 is 38.5 Å². The molecule has 0 heterocycles. The second-order valence-corrected chi connectivity index (χ2v) is 10.3. The van der Waals surface area contributed by atoms with Gasteiger partial charge in [0.1, 0.15) is 17.8 Å². The summed E-state index contributed by atoms with van der Waals surface area (Å²) in [5.74, 6) is -1.28. The number of carboxylic acids is 1. The molecule has 0 bridgehead atoms. The minimum atomic E-state index is -1.12. The molecule has 1 atom stereocenters. The van der Waals surface area contributed by atoms with Gasteiger partial charge in [-0.1, -0.05) is 30.3 Å². The van der Waals surface area contributed by atoms with Gasteiger partial charge >= 0.3 is 24.2 Å². The Labute approximate surface area is 217 Å². The Hall–Kier alpha value is -3.83. The summed E-state index contributed by atoms with van der Waals surface area (Å²) in [5.41, 5.74) is -0.827. The van der Waals surface area contributed by atoms with E-state index in [1.807, 2.05) is 6.07 Å². The van der Waals surface area contributed by atoms with Crippen molar-refractivity contribution in [3.63, 3.8) is 0 Å². The van der Waals surface area contributed by atoms with Crippen molar-refractivity contribution in [2.75, 3.05) is 13.6 Å². The average Bonchev–Trinajstić information content (AvgIpc) is 2.73. The molecule has 3 amide bonds. The molecule has 12 heteroatoms. The number of nitrogens with one attached hydrogen (secondary N) is 2. The Morgan fingerprint density at radius 3 is 2.11 bits per heavy atom. The highest BCUT2D eigenvalue weighted by Crippen LogP contribution is 2.10. The van der Waals surface area contributed by atoms with E-state index in [2.05, 4.69) is 15.6 Å². The van der Waals surface area contributed by atoms with Crippen LogP contribution in [0.2, 0.25) is 0 Å². The van der Waals surface area contributed by atoms with Crippen molar-refractivity contribution in [1.82, 2.24) is 15.5 Å². The molecule has 0 radical (unpaired) electrons. The van der Waals surface area contributed by atoms with Gasteiger partial charge in [-0.2, -0.15) is 0 Å². The van der Waals surface area contributed by atoms with E-state index in [1.54, 1.807) is 65.8 Å². The van der Waals surface area contributed by atoms with Gasteiger partial charge in [-0.05, 0) is 53.5 Å². The Kier molecular flexibility index (Phi) is 11.8. The van der Waals surface area contributed by atoms with Crippen LogP contribution in [0.1, 0.15) is 59.9 Å². The summed E-state index contributed by atoms with van der Waals surface area (Å²) in [6.07, 6.45) is -2.78. The molecule has 0 aliphatic carbocycles. The highest BCUT2D eigenvalue weighted by molar-refractivity contribution is 5.98. The Bertz CT molecular complexity index is 952.